The first-order valence-electron chi connectivity index (χ1n) is 9.38. The molecule has 6 nitrogen and oxygen atoms in total. The summed E-state index contributed by atoms with van der Waals surface area (Å²) in [6, 6.07) is 5.95. The van der Waals surface area contributed by atoms with Gasteiger partial charge in [0.15, 0.2) is 5.82 Å². The molecule has 1 aliphatic rings. The zero-order valence-corrected chi connectivity index (χ0v) is 16.4. The number of hydrogen-bond acceptors (Lipinski definition) is 6. The molecule has 1 unspecified atom stereocenters. The Morgan fingerprint density at radius 3 is 2.81 bits per heavy atom. The average molecular weight is 377 g/mol. The molecule has 0 bridgehead atoms. The second-order valence-electron chi connectivity index (χ2n) is 6.86. The molecule has 0 radical (unpaired) electrons. The largest absolute Gasteiger partial charge is 0.360 e. The van der Waals surface area contributed by atoms with Gasteiger partial charge in [0.05, 0.1) is 6.04 Å². The van der Waals surface area contributed by atoms with Crippen molar-refractivity contribution >= 4 is 23.1 Å². The van der Waals surface area contributed by atoms with Gasteiger partial charge in [0, 0.05) is 43.7 Å². The minimum Gasteiger partial charge on any atom is -0.360 e. The summed E-state index contributed by atoms with van der Waals surface area (Å²) in [6.07, 6.45) is 3.01. The van der Waals surface area contributed by atoms with Crippen LogP contribution in [0.5, 0.6) is 0 Å². The van der Waals surface area contributed by atoms with Gasteiger partial charge in [-0.25, -0.2) is 0 Å². The van der Waals surface area contributed by atoms with Crippen LogP contribution in [0, 0.1) is 6.92 Å². The Morgan fingerprint density at radius 2 is 2.19 bits per heavy atom. The maximum atomic E-state index is 12.8. The van der Waals surface area contributed by atoms with Crippen LogP contribution in [0.25, 0.3) is 0 Å². The van der Waals surface area contributed by atoms with Gasteiger partial charge in [-0.3, -0.25) is 14.6 Å². The minimum absolute atomic E-state index is 0.0263. The Kier molecular flexibility index (Phi) is 6.82. The summed E-state index contributed by atoms with van der Waals surface area (Å²) in [4.78, 5) is 19.0. The van der Waals surface area contributed by atoms with Gasteiger partial charge in [-0.15, -0.1) is 11.3 Å². The highest BCUT2D eigenvalue weighted by atomic mass is 32.1. The number of thiophene rings is 1. The lowest BCUT2D eigenvalue weighted by molar-refractivity contribution is -0.122. The molecule has 26 heavy (non-hydrogen) atoms. The number of aromatic nitrogens is 1. The summed E-state index contributed by atoms with van der Waals surface area (Å²) in [5.41, 5.74) is 0. The molecule has 1 amide bonds. The smallest absolute Gasteiger partial charge is 0.242 e. The fraction of sp³-hybridized carbons (Fsp3) is 0.579. The monoisotopic (exact) mass is 376 g/mol. The summed E-state index contributed by atoms with van der Waals surface area (Å²) in [5.74, 6) is 1.23. The highest BCUT2D eigenvalue weighted by Crippen LogP contribution is 2.18. The Balaban J connectivity index is 1.56. The Morgan fingerprint density at radius 1 is 1.38 bits per heavy atom. The Bertz CT molecular complexity index is 678. The van der Waals surface area contributed by atoms with E-state index < -0.39 is 0 Å². The van der Waals surface area contributed by atoms with E-state index in [1.807, 2.05) is 18.3 Å². The van der Waals surface area contributed by atoms with E-state index >= 15 is 0 Å². The molecule has 1 aliphatic heterocycles. The molecule has 0 spiro atoms. The van der Waals surface area contributed by atoms with Crippen LogP contribution in [0.3, 0.4) is 0 Å². The molecule has 0 aromatic carbocycles. The number of aryl methyl sites for hydroxylation is 1. The number of hydrogen-bond donors (Lipinski definition) is 1. The van der Waals surface area contributed by atoms with Crippen LogP contribution in [0.1, 0.15) is 36.8 Å². The van der Waals surface area contributed by atoms with Crippen molar-refractivity contribution in [2.45, 2.75) is 45.7 Å². The average Bonchev–Trinajstić information content (AvgIpc) is 3.28. The lowest BCUT2D eigenvalue weighted by Crippen LogP contribution is -2.53. The second-order valence-corrected chi connectivity index (χ2v) is 7.89. The van der Waals surface area contributed by atoms with Gasteiger partial charge in [-0.2, -0.15) is 0 Å². The first-order valence-corrected chi connectivity index (χ1v) is 10.3. The van der Waals surface area contributed by atoms with Crippen LogP contribution in [0.2, 0.25) is 0 Å². The van der Waals surface area contributed by atoms with E-state index in [9.17, 15) is 4.79 Å². The molecule has 3 rings (SSSR count). The summed E-state index contributed by atoms with van der Waals surface area (Å²) in [7, 11) is 0. The number of nitrogens with one attached hydrogen (secondary N) is 1. The lowest BCUT2D eigenvalue weighted by Gasteiger charge is -2.38. The molecule has 7 heteroatoms. The van der Waals surface area contributed by atoms with Crippen molar-refractivity contribution in [3.63, 3.8) is 0 Å². The van der Waals surface area contributed by atoms with E-state index in [-0.39, 0.29) is 11.9 Å². The predicted octanol–water partition coefficient (Wildman–Crippen LogP) is 3.36. The Hall–Kier alpha value is -1.70. The number of nitrogens with zero attached hydrogens (tertiary/aromatic N) is 3. The van der Waals surface area contributed by atoms with Crippen LogP contribution in [0.4, 0.5) is 5.82 Å². The van der Waals surface area contributed by atoms with Crippen molar-refractivity contribution in [2.24, 2.45) is 0 Å². The van der Waals surface area contributed by atoms with Crippen LogP contribution in [-0.2, 0) is 11.3 Å². The SMILES string of the molecule is CCCCC(C(=O)Nc1cc(C)on1)N1CCN(Cc2cccs2)CC1. The highest BCUT2D eigenvalue weighted by Gasteiger charge is 2.29. The standard InChI is InChI=1S/C19H28N4O2S/c1-3-4-7-17(19(24)20-18-13-15(2)25-21-18)23-10-8-22(9-11-23)14-16-6-5-12-26-16/h5-6,12-13,17H,3-4,7-11,14H2,1-2H3,(H,20,21,24). The normalized spacial score (nSPS) is 17.3. The molecule has 1 fully saturated rings. The maximum Gasteiger partial charge on any atom is 0.242 e. The number of amides is 1. The molecule has 1 N–H and O–H groups in total. The van der Waals surface area contributed by atoms with E-state index in [0.29, 0.717) is 11.6 Å². The summed E-state index contributed by atoms with van der Waals surface area (Å²) < 4.78 is 5.05. The fourth-order valence-corrected chi connectivity index (χ4v) is 4.11. The van der Waals surface area contributed by atoms with E-state index in [2.05, 4.69) is 44.7 Å². The van der Waals surface area contributed by atoms with Crippen LogP contribution >= 0.6 is 11.3 Å². The zero-order valence-electron chi connectivity index (χ0n) is 15.6. The third-order valence-electron chi connectivity index (χ3n) is 4.82. The summed E-state index contributed by atoms with van der Waals surface area (Å²) in [6.45, 7) is 8.83. The van der Waals surface area contributed by atoms with E-state index in [1.165, 1.54) is 4.88 Å². The number of rotatable bonds is 8. The van der Waals surface area contributed by atoms with Gasteiger partial charge in [0.1, 0.15) is 5.76 Å². The van der Waals surface area contributed by atoms with Gasteiger partial charge >= 0.3 is 0 Å². The van der Waals surface area contributed by atoms with Crippen molar-refractivity contribution in [1.29, 1.82) is 0 Å². The van der Waals surface area contributed by atoms with Gasteiger partial charge < -0.3 is 9.84 Å². The van der Waals surface area contributed by atoms with Crippen LogP contribution in [-0.4, -0.2) is 53.1 Å². The van der Waals surface area contributed by atoms with Gasteiger partial charge in [-0.1, -0.05) is 31.0 Å². The molecule has 1 saturated heterocycles. The second kappa shape index (κ2) is 9.30. The first-order chi connectivity index (χ1) is 12.7. The topological polar surface area (TPSA) is 61.6 Å². The quantitative estimate of drug-likeness (QED) is 0.765. The van der Waals surface area contributed by atoms with E-state index in [4.69, 9.17) is 4.52 Å². The van der Waals surface area contributed by atoms with Crippen LogP contribution in [0.15, 0.2) is 28.1 Å². The van der Waals surface area contributed by atoms with Gasteiger partial charge in [0.2, 0.25) is 5.91 Å². The molecular weight excluding hydrogens is 348 g/mol. The van der Waals surface area contributed by atoms with E-state index in [0.717, 1.165) is 52.0 Å². The van der Waals surface area contributed by atoms with Crippen molar-refractivity contribution < 1.29 is 9.32 Å². The van der Waals surface area contributed by atoms with E-state index in [1.54, 1.807) is 6.07 Å². The summed E-state index contributed by atoms with van der Waals surface area (Å²) in [5, 5.41) is 8.93. The zero-order chi connectivity index (χ0) is 18.4. The van der Waals surface area contributed by atoms with Crippen LogP contribution < -0.4 is 5.32 Å². The van der Waals surface area contributed by atoms with Crippen molar-refractivity contribution in [3.8, 4) is 0 Å². The third-order valence-corrected chi connectivity index (χ3v) is 5.68. The predicted molar refractivity (Wildman–Crippen MR) is 104 cm³/mol. The fourth-order valence-electron chi connectivity index (χ4n) is 3.37. The number of carbonyl (C=O) groups is 1. The summed E-state index contributed by atoms with van der Waals surface area (Å²) >= 11 is 1.81. The Labute approximate surface area is 159 Å². The van der Waals surface area contributed by atoms with Crippen molar-refractivity contribution in [1.82, 2.24) is 15.0 Å². The van der Waals surface area contributed by atoms with Crippen molar-refractivity contribution in [3.05, 3.63) is 34.2 Å². The number of unbranched alkanes of at least 4 members (excludes halogenated alkanes) is 1. The molecule has 0 saturated carbocycles. The lowest BCUT2D eigenvalue weighted by atomic mass is 10.1. The highest BCUT2D eigenvalue weighted by molar-refractivity contribution is 7.09. The molecule has 3 heterocycles. The molecule has 2 aromatic heterocycles. The third kappa shape index (κ3) is 5.16. The first kappa shape index (κ1) is 19.1. The maximum absolute atomic E-state index is 12.8. The number of anilines is 1. The van der Waals surface area contributed by atoms with Crippen molar-refractivity contribution in [2.75, 3.05) is 31.5 Å². The van der Waals surface area contributed by atoms with Gasteiger partial charge in [0.25, 0.3) is 0 Å². The minimum atomic E-state index is -0.101. The van der Waals surface area contributed by atoms with Gasteiger partial charge in [-0.05, 0) is 24.8 Å². The molecule has 0 aliphatic carbocycles. The molecular formula is C19H28N4O2S. The molecule has 142 valence electrons. The number of carbonyl (C=O) groups excluding carboxylic acids is 1. The molecule has 2 aromatic rings. The molecule has 1 atom stereocenters. The number of piperazine rings is 1.